The molecule has 0 bridgehead atoms. The van der Waals surface area contributed by atoms with Gasteiger partial charge in [0.2, 0.25) is 5.91 Å². The van der Waals surface area contributed by atoms with Gasteiger partial charge < -0.3 is 16.4 Å². The van der Waals surface area contributed by atoms with Crippen molar-refractivity contribution in [1.82, 2.24) is 10.6 Å². The summed E-state index contributed by atoms with van der Waals surface area (Å²) in [5.41, 5.74) is 5.43. The van der Waals surface area contributed by atoms with Crippen LogP contribution in [0.1, 0.15) is 20.8 Å². The molecule has 5 heteroatoms. The van der Waals surface area contributed by atoms with Gasteiger partial charge in [0.1, 0.15) is 6.04 Å². The van der Waals surface area contributed by atoms with E-state index in [4.69, 9.17) is 5.73 Å². The molecule has 0 radical (unpaired) electrons. The Bertz CT molecular complexity index is 213. The molecular formula is C9H20N4O. The van der Waals surface area contributed by atoms with Crippen molar-refractivity contribution in [3.8, 4) is 0 Å². The maximum absolute atomic E-state index is 11.4. The van der Waals surface area contributed by atoms with Crippen LogP contribution in [0.5, 0.6) is 0 Å². The average Bonchev–Trinajstić information content (AvgIpc) is 2.13. The predicted molar refractivity (Wildman–Crippen MR) is 58.0 cm³/mol. The van der Waals surface area contributed by atoms with Crippen LogP contribution in [0.4, 0.5) is 0 Å². The fourth-order valence-electron chi connectivity index (χ4n) is 0.810. The third-order valence-electron chi connectivity index (χ3n) is 1.68. The fraction of sp³-hybridized carbons (Fsp3) is 0.778. The number of hydrogen-bond acceptors (Lipinski definition) is 2. The first-order chi connectivity index (χ1) is 6.47. The molecule has 0 spiro atoms. The van der Waals surface area contributed by atoms with Gasteiger partial charge in [0, 0.05) is 13.6 Å². The zero-order valence-corrected chi connectivity index (χ0v) is 9.29. The van der Waals surface area contributed by atoms with Crippen LogP contribution in [0.2, 0.25) is 0 Å². The second-order valence-electron chi connectivity index (χ2n) is 3.61. The Hall–Kier alpha value is -1.26. The summed E-state index contributed by atoms with van der Waals surface area (Å²) in [5.74, 6) is 0.658. The average molecular weight is 200 g/mol. The molecule has 4 N–H and O–H groups in total. The van der Waals surface area contributed by atoms with Gasteiger partial charge in [-0.15, -0.1) is 0 Å². The van der Waals surface area contributed by atoms with Crippen LogP contribution >= 0.6 is 0 Å². The molecule has 1 atom stereocenters. The van der Waals surface area contributed by atoms with E-state index in [-0.39, 0.29) is 17.9 Å². The van der Waals surface area contributed by atoms with Crippen LogP contribution in [-0.2, 0) is 4.79 Å². The zero-order valence-electron chi connectivity index (χ0n) is 9.29. The van der Waals surface area contributed by atoms with Gasteiger partial charge in [0.25, 0.3) is 0 Å². The Morgan fingerprint density at radius 2 is 2.00 bits per heavy atom. The molecule has 0 aliphatic carbocycles. The molecule has 0 aromatic carbocycles. The van der Waals surface area contributed by atoms with Gasteiger partial charge in [-0.3, -0.25) is 9.79 Å². The summed E-state index contributed by atoms with van der Waals surface area (Å²) in [5, 5.41) is 5.57. The van der Waals surface area contributed by atoms with Gasteiger partial charge in [-0.1, -0.05) is 13.8 Å². The second kappa shape index (κ2) is 6.23. The largest absolute Gasteiger partial charge is 0.370 e. The first-order valence-corrected chi connectivity index (χ1v) is 4.73. The normalized spacial score (nSPS) is 13.9. The summed E-state index contributed by atoms with van der Waals surface area (Å²) < 4.78 is 0. The molecular weight excluding hydrogens is 180 g/mol. The van der Waals surface area contributed by atoms with Crippen LogP contribution in [0.3, 0.4) is 0 Å². The van der Waals surface area contributed by atoms with Crippen molar-refractivity contribution in [1.29, 1.82) is 0 Å². The standard InChI is InChI=1S/C9H20N4O/c1-6(2)5-12-8(14)7(3)13-9(10)11-4/h6-7H,5H2,1-4H3,(H,12,14)(H3,10,11,13). The quantitative estimate of drug-likeness (QED) is 0.430. The summed E-state index contributed by atoms with van der Waals surface area (Å²) in [7, 11) is 1.57. The Balaban J connectivity index is 3.88. The number of amides is 1. The van der Waals surface area contributed by atoms with Crippen molar-refractivity contribution in [2.45, 2.75) is 26.8 Å². The van der Waals surface area contributed by atoms with Gasteiger partial charge in [-0.25, -0.2) is 0 Å². The van der Waals surface area contributed by atoms with Gasteiger partial charge in [-0.05, 0) is 12.8 Å². The molecule has 1 amide bonds. The van der Waals surface area contributed by atoms with E-state index in [0.717, 1.165) is 0 Å². The lowest BCUT2D eigenvalue weighted by atomic mass is 10.2. The monoisotopic (exact) mass is 200 g/mol. The Morgan fingerprint density at radius 1 is 1.43 bits per heavy atom. The van der Waals surface area contributed by atoms with Crippen molar-refractivity contribution in [3.05, 3.63) is 0 Å². The van der Waals surface area contributed by atoms with Crippen molar-refractivity contribution in [2.75, 3.05) is 13.6 Å². The van der Waals surface area contributed by atoms with Crippen molar-refractivity contribution < 1.29 is 4.79 Å². The van der Waals surface area contributed by atoms with E-state index in [1.165, 1.54) is 0 Å². The second-order valence-corrected chi connectivity index (χ2v) is 3.61. The number of rotatable bonds is 4. The minimum atomic E-state index is -0.350. The molecule has 0 aromatic heterocycles. The molecule has 0 aliphatic heterocycles. The van der Waals surface area contributed by atoms with E-state index in [9.17, 15) is 4.79 Å². The molecule has 0 rings (SSSR count). The number of guanidine groups is 1. The van der Waals surface area contributed by atoms with E-state index in [1.807, 2.05) is 13.8 Å². The molecule has 0 fully saturated rings. The Kier molecular flexibility index (Phi) is 5.67. The van der Waals surface area contributed by atoms with Gasteiger partial charge in [0.15, 0.2) is 5.96 Å². The van der Waals surface area contributed by atoms with E-state index < -0.39 is 0 Å². The zero-order chi connectivity index (χ0) is 11.1. The molecule has 0 aliphatic rings. The number of nitrogens with two attached hydrogens (primary N) is 1. The number of hydrogen-bond donors (Lipinski definition) is 3. The van der Waals surface area contributed by atoms with Crippen molar-refractivity contribution >= 4 is 11.9 Å². The van der Waals surface area contributed by atoms with Crippen molar-refractivity contribution in [3.63, 3.8) is 0 Å². The van der Waals surface area contributed by atoms with E-state index in [2.05, 4.69) is 15.6 Å². The summed E-state index contributed by atoms with van der Waals surface area (Å²) in [4.78, 5) is 15.1. The minimum Gasteiger partial charge on any atom is -0.370 e. The van der Waals surface area contributed by atoms with Crippen molar-refractivity contribution in [2.24, 2.45) is 16.6 Å². The maximum Gasteiger partial charge on any atom is 0.242 e. The lowest BCUT2D eigenvalue weighted by Gasteiger charge is -2.15. The lowest BCUT2D eigenvalue weighted by molar-refractivity contribution is -0.122. The van der Waals surface area contributed by atoms with Crippen LogP contribution in [0.25, 0.3) is 0 Å². The van der Waals surface area contributed by atoms with E-state index >= 15 is 0 Å². The molecule has 5 nitrogen and oxygen atoms in total. The van der Waals surface area contributed by atoms with Gasteiger partial charge >= 0.3 is 0 Å². The molecule has 14 heavy (non-hydrogen) atoms. The first-order valence-electron chi connectivity index (χ1n) is 4.73. The first kappa shape index (κ1) is 12.7. The molecule has 0 saturated carbocycles. The molecule has 0 aromatic rings. The van der Waals surface area contributed by atoms with Gasteiger partial charge in [-0.2, -0.15) is 0 Å². The SMILES string of the molecule is CN=C(N)NC(C)C(=O)NCC(C)C. The Morgan fingerprint density at radius 3 is 2.43 bits per heavy atom. The topological polar surface area (TPSA) is 79.5 Å². The summed E-state index contributed by atoms with van der Waals surface area (Å²) in [6.45, 7) is 6.50. The van der Waals surface area contributed by atoms with Gasteiger partial charge in [0.05, 0.1) is 0 Å². The number of aliphatic imine (C=N–C) groups is 1. The van der Waals surface area contributed by atoms with Crippen LogP contribution < -0.4 is 16.4 Å². The molecule has 0 saturated heterocycles. The fourth-order valence-corrected chi connectivity index (χ4v) is 0.810. The Labute approximate surface area is 85.2 Å². The highest BCUT2D eigenvalue weighted by Gasteiger charge is 2.12. The third-order valence-corrected chi connectivity index (χ3v) is 1.68. The van der Waals surface area contributed by atoms with Crippen LogP contribution in [0, 0.1) is 5.92 Å². The number of nitrogens with zero attached hydrogens (tertiary/aromatic N) is 1. The molecule has 1 unspecified atom stereocenters. The highest BCUT2D eigenvalue weighted by atomic mass is 16.2. The number of carbonyl (C=O) groups is 1. The maximum atomic E-state index is 11.4. The minimum absolute atomic E-state index is 0.0645. The highest BCUT2D eigenvalue weighted by molar-refractivity contribution is 5.87. The molecule has 0 heterocycles. The van der Waals surface area contributed by atoms with E-state index in [1.54, 1.807) is 14.0 Å². The smallest absolute Gasteiger partial charge is 0.242 e. The van der Waals surface area contributed by atoms with Crippen LogP contribution in [0.15, 0.2) is 4.99 Å². The lowest BCUT2D eigenvalue weighted by Crippen LogP contribution is -2.48. The van der Waals surface area contributed by atoms with E-state index in [0.29, 0.717) is 12.5 Å². The highest BCUT2D eigenvalue weighted by Crippen LogP contribution is 1.88. The molecule has 82 valence electrons. The van der Waals surface area contributed by atoms with Crippen LogP contribution in [-0.4, -0.2) is 31.5 Å². The third kappa shape index (κ3) is 5.40. The summed E-state index contributed by atoms with van der Waals surface area (Å²) >= 11 is 0. The summed E-state index contributed by atoms with van der Waals surface area (Å²) in [6, 6.07) is -0.350. The predicted octanol–water partition coefficient (Wildman–Crippen LogP) is -0.319. The number of nitrogens with one attached hydrogen (secondary N) is 2. The summed E-state index contributed by atoms with van der Waals surface area (Å²) in [6.07, 6.45) is 0. The number of carbonyl (C=O) groups excluding carboxylic acids is 1.